The number of rotatable bonds is 4. The summed E-state index contributed by atoms with van der Waals surface area (Å²) >= 11 is 0. The molecule has 1 atom stereocenters. The van der Waals surface area contributed by atoms with E-state index in [0.29, 0.717) is 11.1 Å². The van der Waals surface area contributed by atoms with E-state index < -0.39 is 6.10 Å². The first-order valence-electron chi connectivity index (χ1n) is 7.04. The maximum Gasteiger partial charge on any atom is 0.126 e. The third-order valence-electron chi connectivity index (χ3n) is 3.54. The minimum Gasteiger partial charge on any atom is -0.389 e. The van der Waals surface area contributed by atoms with Gasteiger partial charge in [0, 0.05) is 11.3 Å². The SMILES string of the molecule is CCc1cc(CC)n(-c2cc(C)c(F)cc2C(C)O)n1. The van der Waals surface area contributed by atoms with Crippen molar-refractivity contribution in [2.75, 3.05) is 0 Å². The molecule has 1 unspecified atom stereocenters. The highest BCUT2D eigenvalue weighted by molar-refractivity contribution is 5.46. The first-order chi connectivity index (χ1) is 9.47. The molecule has 4 heteroatoms. The van der Waals surface area contributed by atoms with Crippen LogP contribution in [0.3, 0.4) is 0 Å². The molecular formula is C16H21FN2O. The first kappa shape index (κ1) is 14.7. The van der Waals surface area contributed by atoms with E-state index in [1.54, 1.807) is 19.9 Å². The predicted molar refractivity (Wildman–Crippen MR) is 77.6 cm³/mol. The van der Waals surface area contributed by atoms with Crippen LogP contribution in [0.25, 0.3) is 5.69 Å². The molecule has 1 aromatic heterocycles. The Labute approximate surface area is 119 Å². The summed E-state index contributed by atoms with van der Waals surface area (Å²) in [5.41, 5.74) is 3.94. The summed E-state index contributed by atoms with van der Waals surface area (Å²) in [5.74, 6) is -0.300. The van der Waals surface area contributed by atoms with Crippen molar-refractivity contribution in [2.45, 2.75) is 46.6 Å². The Kier molecular flexibility index (Phi) is 4.23. The molecular weight excluding hydrogens is 255 g/mol. The lowest BCUT2D eigenvalue weighted by molar-refractivity contribution is 0.198. The highest BCUT2D eigenvalue weighted by Gasteiger charge is 2.16. The Morgan fingerprint density at radius 1 is 1.25 bits per heavy atom. The molecule has 2 aromatic rings. The van der Waals surface area contributed by atoms with Gasteiger partial charge in [0.2, 0.25) is 0 Å². The van der Waals surface area contributed by atoms with Gasteiger partial charge in [0.05, 0.1) is 17.5 Å². The van der Waals surface area contributed by atoms with Gasteiger partial charge in [-0.2, -0.15) is 5.10 Å². The van der Waals surface area contributed by atoms with Crippen molar-refractivity contribution >= 4 is 0 Å². The quantitative estimate of drug-likeness (QED) is 0.928. The van der Waals surface area contributed by atoms with Crippen molar-refractivity contribution in [3.05, 3.63) is 46.5 Å². The number of aliphatic hydroxyl groups is 1. The summed E-state index contributed by atoms with van der Waals surface area (Å²) in [7, 11) is 0. The molecule has 1 aromatic carbocycles. The third-order valence-corrected chi connectivity index (χ3v) is 3.54. The molecule has 0 spiro atoms. The standard InChI is InChI=1S/C16H21FN2O/c1-5-12-8-13(6-2)19(18-12)16-7-10(3)15(17)9-14(16)11(4)20/h7-9,11,20H,5-6H2,1-4H3. The van der Waals surface area contributed by atoms with Gasteiger partial charge in [-0.1, -0.05) is 13.8 Å². The molecule has 1 N–H and O–H groups in total. The maximum absolute atomic E-state index is 13.7. The van der Waals surface area contributed by atoms with Gasteiger partial charge in [0.25, 0.3) is 0 Å². The Morgan fingerprint density at radius 2 is 1.95 bits per heavy atom. The van der Waals surface area contributed by atoms with Crippen LogP contribution < -0.4 is 0 Å². The molecule has 0 aliphatic rings. The van der Waals surface area contributed by atoms with E-state index >= 15 is 0 Å². The number of nitrogens with zero attached hydrogens (tertiary/aromatic N) is 2. The average molecular weight is 276 g/mol. The van der Waals surface area contributed by atoms with Crippen molar-refractivity contribution in [1.29, 1.82) is 0 Å². The van der Waals surface area contributed by atoms with Crippen LogP contribution in [-0.4, -0.2) is 14.9 Å². The Balaban J connectivity index is 2.67. The monoisotopic (exact) mass is 276 g/mol. The summed E-state index contributed by atoms with van der Waals surface area (Å²) in [6.45, 7) is 7.48. The van der Waals surface area contributed by atoms with Crippen molar-refractivity contribution in [3.8, 4) is 5.69 Å². The predicted octanol–water partition coefficient (Wildman–Crippen LogP) is 3.50. The normalized spacial score (nSPS) is 12.7. The van der Waals surface area contributed by atoms with Gasteiger partial charge in [-0.25, -0.2) is 9.07 Å². The van der Waals surface area contributed by atoms with Crippen molar-refractivity contribution in [1.82, 2.24) is 9.78 Å². The van der Waals surface area contributed by atoms with Gasteiger partial charge >= 0.3 is 0 Å². The third kappa shape index (κ3) is 2.61. The number of aryl methyl sites for hydroxylation is 3. The van der Waals surface area contributed by atoms with Gasteiger partial charge in [-0.05, 0) is 50.5 Å². The van der Waals surface area contributed by atoms with Crippen LogP contribution in [0.15, 0.2) is 18.2 Å². The molecule has 108 valence electrons. The minimum atomic E-state index is -0.737. The van der Waals surface area contributed by atoms with Crippen LogP contribution in [0.1, 0.15) is 49.4 Å². The molecule has 0 aliphatic heterocycles. The number of hydrogen-bond acceptors (Lipinski definition) is 2. The molecule has 3 nitrogen and oxygen atoms in total. The Morgan fingerprint density at radius 3 is 2.50 bits per heavy atom. The van der Waals surface area contributed by atoms with Crippen LogP contribution in [-0.2, 0) is 12.8 Å². The fourth-order valence-corrected chi connectivity index (χ4v) is 2.31. The van der Waals surface area contributed by atoms with Crippen LogP contribution >= 0.6 is 0 Å². The molecule has 0 saturated carbocycles. The lowest BCUT2D eigenvalue weighted by atomic mass is 10.0. The number of halogens is 1. The molecule has 0 radical (unpaired) electrons. The van der Waals surface area contributed by atoms with Crippen LogP contribution in [0.4, 0.5) is 4.39 Å². The largest absolute Gasteiger partial charge is 0.389 e. The van der Waals surface area contributed by atoms with Gasteiger partial charge in [0.1, 0.15) is 5.82 Å². The topological polar surface area (TPSA) is 38.0 Å². The lowest BCUT2D eigenvalue weighted by Crippen LogP contribution is -2.08. The maximum atomic E-state index is 13.7. The number of aliphatic hydroxyl groups excluding tert-OH is 1. The minimum absolute atomic E-state index is 0.300. The fraction of sp³-hybridized carbons (Fsp3) is 0.438. The molecule has 2 rings (SSSR count). The van der Waals surface area contributed by atoms with Crippen molar-refractivity contribution in [3.63, 3.8) is 0 Å². The molecule has 0 fully saturated rings. The van der Waals surface area contributed by atoms with Crippen LogP contribution in [0.2, 0.25) is 0 Å². The summed E-state index contributed by atoms with van der Waals surface area (Å²) < 4.78 is 15.6. The second-order valence-electron chi connectivity index (χ2n) is 5.08. The zero-order chi connectivity index (χ0) is 14.9. The Bertz CT molecular complexity index is 617. The highest BCUT2D eigenvalue weighted by atomic mass is 19.1. The van der Waals surface area contributed by atoms with Crippen molar-refractivity contribution < 1.29 is 9.50 Å². The molecule has 20 heavy (non-hydrogen) atoms. The summed E-state index contributed by atoms with van der Waals surface area (Å²) in [4.78, 5) is 0. The summed E-state index contributed by atoms with van der Waals surface area (Å²) in [5, 5.41) is 14.5. The molecule has 0 bridgehead atoms. The molecule has 0 amide bonds. The van der Waals surface area contributed by atoms with E-state index in [4.69, 9.17) is 0 Å². The van der Waals surface area contributed by atoms with E-state index in [1.807, 2.05) is 4.68 Å². The first-order valence-corrected chi connectivity index (χ1v) is 7.04. The molecule has 1 heterocycles. The molecule has 0 aliphatic carbocycles. The van der Waals surface area contributed by atoms with E-state index in [-0.39, 0.29) is 5.82 Å². The van der Waals surface area contributed by atoms with Crippen LogP contribution in [0.5, 0.6) is 0 Å². The number of aromatic nitrogens is 2. The summed E-state index contributed by atoms with van der Waals surface area (Å²) in [6.07, 6.45) is 0.950. The second-order valence-corrected chi connectivity index (χ2v) is 5.08. The zero-order valence-electron chi connectivity index (χ0n) is 12.4. The van der Waals surface area contributed by atoms with E-state index in [9.17, 15) is 9.50 Å². The highest BCUT2D eigenvalue weighted by Crippen LogP contribution is 2.26. The summed E-state index contributed by atoms with van der Waals surface area (Å²) in [6, 6.07) is 5.22. The van der Waals surface area contributed by atoms with Gasteiger partial charge in [-0.3, -0.25) is 0 Å². The number of hydrogen-bond donors (Lipinski definition) is 1. The molecule has 0 saturated heterocycles. The van der Waals surface area contributed by atoms with Crippen LogP contribution in [0, 0.1) is 12.7 Å². The number of benzene rings is 1. The Hall–Kier alpha value is -1.68. The van der Waals surface area contributed by atoms with E-state index in [1.165, 1.54) is 6.07 Å². The smallest absolute Gasteiger partial charge is 0.126 e. The van der Waals surface area contributed by atoms with E-state index in [0.717, 1.165) is 29.9 Å². The van der Waals surface area contributed by atoms with Gasteiger partial charge in [-0.15, -0.1) is 0 Å². The lowest BCUT2D eigenvalue weighted by Gasteiger charge is -2.15. The fourth-order valence-electron chi connectivity index (χ4n) is 2.31. The zero-order valence-corrected chi connectivity index (χ0v) is 12.4. The second kappa shape index (κ2) is 5.75. The van der Waals surface area contributed by atoms with E-state index in [2.05, 4.69) is 25.0 Å². The van der Waals surface area contributed by atoms with Gasteiger partial charge < -0.3 is 5.11 Å². The average Bonchev–Trinajstić information content (AvgIpc) is 2.84. The van der Waals surface area contributed by atoms with Crippen molar-refractivity contribution in [2.24, 2.45) is 0 Å². The van der Waals surface area contributed by atoms with Gasteiger partial charge in [0.15, 0.2) is 0 Å².